The van der Waals surface area contributed by atoms with Crippen molar-refractivity contribution in [1.29, 1.82) is 0 Å². The maximum atomic E-state index is 12.9. The molecule has 0 N–H and O–H groups in total. The highest BCUT2D eigenvalue weighted by molar-refractivity contribution is 7.90. The zero-order valence-electron chi connectivity index (χ0n) is 15.0. The molecule has 0 amide bonds. The predicted molar refractivity (Wildman–Crippen MR) is 98.8 cm³/mol. The van der Waals surface area contributed by atoms with Crippen LogP contribution in [0.2, 0.25) is 0 Å². The number of hydrogen-bond acceptors (Lipinski definition) is 4. The number of benzene rings is 2. The number of hydrogen-bond donors (Lipinski definition) is 0. The Morgan fingerprint density at radius 1 is 0.920 bits per heavy atom. The van der Waals surface area contributed by atoms with Crippen molar-refractivity contribution >= 4 is 19.9 Å². The third kappa shape index (κ3) is 4.11. The summed E-state index contributed by atoms with van der Waals surface area (Å²) in [7, 11) is -5.40. The minimum absolute atomic E-state index is 0.211. The Morgan fingerprint density at radius 3 is 1.96 bits per heavy atom. The van der Waals surface area contributed by atoms with Gasteiger partial charge in [0, 0.05) is 19.3 Å². The van der Waals surface area contributed by atoms with Gasteiger partial charge < -0.3 is 0 Å². The zero-order chi connectivity index (χ0) is 19.0. The van der Waals surface area contributed by atoms with E-state index in [1.165, 1.54) is 23.5 Å². The van der Waals surface area contributed by atoms with Crippen molar-refractivity contribution in [3.63, 3.8) is 0 Å². The molecule has 7 heteroatoms. The molecule has 1 unspecified atom stereocenters. The first-order valence-electron chi connectivity index (χ1n) is 7.80. The van der Waals surface area contributed by atoms with E-state index in [0.717, 1.165) is 17.4 Å². The lowest BCUT2D eigenvalue weighted by Crippen LogP contribution is -2.30. The van der Waals surface area contributed by atoms with Crippen LogP contribution in [0, 0.1) is 13.8 Å². The summed E-state index contributed by atoms with van der Waals surface area (Å²) in [5, 5.41) is 0. The topological polar surface area (TPSA) is 71.5 Å². The van der Waals surface area contributed by atoms with Crippen LogP contribution in [-0.2, 0) is 19.9 Å². The molecule has 0 aliphatic carbocycles. The van der Waals surface area contributed by atoms with Crippen LogP contribution in [-0.4, -0.2) is 34.4 Å². The predicted octanol–water partition coefficient (Wildman–Crippen LogP) is 3.09. The average Bonchev–Trinajstić information content (AvgIpc) is 2.52. The van der Waals surface area contributed by atoms with E-state index in [9.17, 15) is 16.8 Å². The third-order valence-corrected chi connectivity index (χ3v) is 7.54. The molecule has 0 saturated heterocycles. The fourth-order valence-electron chi connectivity index (χ4n) is 2.66. The molecule has 2 rings (SSSR count). The van der Waals surface area contributed by atoms with E-state index >= 15 is 0 Å². The number of aryl methyl sites for hydroxylation is 2. The fourth-order valence-corrected chi connectivity index (χ4v) is 4.84. The number of rotatable bonds is 5. The van der Waals surface area contributed by atoms with Crippen LogP contribution in [0.5, 0.6) is 0 Å². The highest BCUT2D eigenvalue weighted by Gasteiger charge is 2.27. The number of sulfone groups is 1. The minimum Gasteiger partial charge on any atom is -0.224 e. The van der Waals surface area contributed by atoms with Gasteiger partial charge in [0.1, 0.15) is 0 Å². The highest BCUT2D eigenvalue weighted by Crippen LogP contribution is 2.28. The summed E-state index contributed by atoms with van der Waals surface area (Å²) in [6.45, 7) is 5.47. The molecule has 0 fully saturated rings. The van der Waals surface area contributed by atoms with Crippen molar-refractivity contribution in [3.8, 4) is 0 Å². The molecule has 0 aromatic heterocycles. The molecule has 136 valence electrons. The Morgan fingerprint density at radius 2 is 1.48 bits per heavy atom. The Hall–Kier alpha value is -1.70. The average molecular weight is 382 g/mol. The second kappa shape index (κ2) is 6.90. The Kier molecular flexibility index (Phi) is 5.41. The molecular formula is C18H23NO4S2. The first kappa shape index (κ1) is 19.6. The maximum absolute atomic E-state index is 12.9. The molecule has 25 heavy (non-hydrogen) atoms. The van der Waals surface area contributed by atoms with Gasteiger partial charge in [-0.1, -0.05) is 29.8 Å². The van der Waals surface area contributed by atoms with Gasteiger partial charge in [-0.15, -0.1) is 0 Å². The molecule has 0 saturated carbocycles. The molecule has 0 radical (unpaired) electrons. The van der Waals surface area contributed by atoms with Gasteiger partial charge in [-0.05, 0) is 50.1 Å². The molecular weight excluding hydrogens is 358 g/mol. The first-order valence-corrected chi connectivity index (χ1v) is 11.1. The molecule has 0 heterocycles. The Balaban J connectivity index is 2.37. The van der Waals surface area contributed by atoms with E-state index in [-0.39, 0.29) is 9.79 Å². The summed E-state index contributed by atoms with van der Waals surface area (Å²) < 4.78 is 50.3. The molecule has 0 aliphatic heterocycles. The van der Waals surface area contributed by atoms with Gasteiger partial charge in [-0.2, -0.15) is 4.31 Å². The van der Waals surface area contributed by atoms with Crippen molar-refractivity contribution in [1.82, 2.24) is 4.31 Å². The smallest absolute Gasteiger partial charge is 0.224 e. The fraction of sp³-hybridized carbons (Fsp3) is 0.333. The molecule has 0 aliphatic rings. The molecule has 0 spiro atoms. The molecule has 2 aromatic rings. The maximum Gasteiger partial charge on any atom is 0.243 e. The van der Waals surface area contributed by atoms with E-state index in [2.05, 4.69) is 0 Å². The van der Waals surface area contributed by atoms with Gasteiger partial charge in [-0.3, -0.25) is 0 Å². The number of sulfonamides is 1. The quantitative estimate of drug-likeness (QED) is 0.798. The Bertz CT molecular complexity index is 978. The van der Waals surface area contributed by atoms with Gasteiger partial charge in [0.05, 0.1) is 9.79 Å². The summed E-state index contributed by atoms with van der Waals surface area (Å²) in [5.74, 6) is 0. The van der Waals surface area contributed by atoms with E-state index in [4.69, 9.17) is 0 Å². The summed E-state index contributed by atoms with van der Waals surface area (Å²) in [6, 6.07) is 11.1. The first-order chi connectivity index (χ1) is 11.4. The zero-order valence-corrected chi connectivity index (χ0v) is 16.6. The monoisotopic (exact) mass is 381 g/mol. The summed E-state index contributed by atoms with van der Waals surface area (Å²) in [6.07, 6.45) is 1.14. The normalized spacial score (nSPS) is 13.8. The van der Waals surface area contributed by atoms with Crippen LogP contribution in [0.15, 0.2) is 52.3 Å². The van der Waals surface area contributed by atoms with Crippen LogP contribution in [0.1, 0.15) is 29.7 Å². The van der Waals surface area contributed by atoms with Crippen LogP contribution < -0.4 is 0 Å². The van der Waals surface area contributed by atoms with Gasteiger partial charge in [0.25, 0.3) is 0 Å². The van der Waals surface area contributed by atoms with Crippen molar-refractivity contribution < 1.29 is 16.8 Å². The largest absolute Gasteiger partial charge is 0.243 e. The van der Waals surface area contributed by atoms with Crippen molar-refractivity contribution in [3.05, 3.63) is 59.2 Å². The second-order valence-electron chi connectivity index (χ2n) is 6.31. The van der Waals surface area contributed by atoms with Gasteiger partial charge in [-0.25, -0.2) is 16.8 Å². The molecule has 1 atom stereocenters. The van der Waals surface area contributed by atoms with E-state index < -0.39 is 25.9 Å². The third-order valence-electron chi connectivity index (χ3n) is 4.32. The molecule has 2 aromatic carbocycles. The molecule has 0 bridgehead atoms. The van der Waals surface area contributed by atoms with Crippen LogP contribution in [0.3, 0.4) is 0 Å². The van der Waals surface area contributed by atoms with Crippen LogP contribution in [0.25, 0.3) is 0 Å². The summed E-state index contributed by atoms with van der Waals surface area (Å²) in [5.41, 5.74) is 2.43. The lowest BCUT2D eigenvalue weighted by atomic mass is 10.1. The highest BCUT2D eigenvalue weighted by atomic mass is 32.2. The van der Waals surface area contributed by atoms with Gasteiger partial charge in [0.15, 0.2) is 9.84 Å². The lowest BCUT2D eigenvalue weighted by Gasteiger charge is -2.25. The Labute approximate surface area is 150 Å². The van der Waals surface area contributed by atoms with Crippen molar-refractivity contribution in [2.24, 2.45) is 0 Å². The second-order valence-corrected chi connectivity index (χ2v) is 10.3. The van der Waals surface area contributed by atoms with Gasteiger partial charge >= 0.3 is 0 Å². The van der Waals surface area contributed by atoms with E-state index in [1.807, 2.05) is 13.0 Å². The minimum atomic E-state index is -3.66. The van der Waals surface area contributed by atoms with Crippen LogP contribution in [0.4, 0.5) is 0 Å². The van der Waals surface area contributed by atoms with E-state index in [1.54, 1.807) is 38.1 Å². The van der Waals surface area contributed by atoms with Crippen molar-refractivity contribution in [2.45, 2.75) is 36.6 Å². The SMILES string of the molecule is Cc1ccc(S(=O)(=O)N(C)C(C)c2ccc(S(C)(=O)=O)cc2)c(C)c1. The summed E-state index contributed by atoms with van der Waals surface area (Å²) in [4.78, 5) is 0.489. The van der Waals surface area contributed by atoms with E-state index in [0.29, 0.717) is 5.56 Å². The molecule has 5 nitrogen and oxygen atoms in total. The standard InChI is InChI=1S/C18H23NO4S2/c1-13-6-11-18(14(2)12-13)25(22,23)19(4)15(3)16-7-9-17(10-8-16)24(5,20)21/h6-12,15H,1-5H3. The summed E-state index contributed by atoms with van der Waals surface area (Å²) >= 11 is 0. The van der Waals surface area contributed by atoms with Crippen LogP contribution >= 0.6 is 0 Å². The van der Waals surface area contributed by atoms with Gasteiger partial charge in [0.2, 0.25) is 10.0 Å². The number of nitrogens with zero attached hydrogens (tertiary/aromatic N) is 1. The van der Waals surface area contributed by atoms with Crippen molar-refractivity contribution in [2.75, 3.05) is 13.3 Å². The lowest BCUT2D eigenvalue weighted by molar-refractivity contribution is 0.398.